The Hall–Kier alpha value is -0.770. The van der Waals surface area contributed by atoms with Crippen molar-refractivity contribution in [3.8, 4) is 0 Å². The van der Waals surface area contributed by atoms with E-state index in [0.717, 1.165) is 4.47 Å². The van der Waals surface area contributed by atoms with Gasteiger partial charge in [0.15, 0.2) is 0 Å². The molecule has 1 unspecified atom stereocenters. The summed E-state index contributed by atoms with van der Waals surface area (Å²) in [6, 6.07) is 18.7. The van der Waals surface area contributed by atoms with Crippen LogP contribution in [0.15, 0.2) is 64.0 Å². The molecule has 2 rings (SSSR count). The third-order valence-corrected chi connectivity index (χ3v) is 4.23. The molecule has 0 saturated carbocycles. The van der Waals surface area contributed by atoms with Crippen LogP contribution >= 0.6 is 27.7 Å². The van der Waals surface area contributed by atoms with Gasteiger partial charge in [0.2, 0.25) is 0 Å². The van der Waals surface area contributed by atoms with E-state index in [1.54, 1.807) is 11.8 Å². The minimum Gasteiger partial charge on any atom is -0.329 e. The number of thioether (sulfide) groups is 1. The lowest BCUT2D eigenvalue weighted by atomic mass is 10.1. The highest BCUT2D eigenvalue weighted by molar-refractivity contribution is 9.10. The molecule has 2 aromatic rings. The molecule has 0 aliphatic carbocycles. The quantitative estimate of drug-likeness (QED) is 0.855. The number of nitrogens with two attached hydrogens (primary N) is 1. The molecule has 17 heavy (non-hydrogen) atoms. The van der Waals surface area contributed by atoms with E-state index in [1.807, 2.05) is 18.2 Å². The second-order valence-electron chi connectivity index (χ2n) is 3.71. The van der Waals surface area contributed by atoms with Gasteiger partial charge in [0.25, 0.3) is 0 Å². The van der Waals surface area contributed by atoms with Gasteiger partial charge in [-0.25, -0.2) is 0 Å². The fourth-order valence-corrected chi connectivity index (χ4v) is 3.25. The summed E-state index contributed by atoms with van der Waals surface area (Å²) in [6.07, 6.45) is 0. The van der Waals surface area contributed by atoms with Crippen molar-refractivity contribution in [2.45, 2.75) is 10.1 Å². The Morgan fingerprint density at radius 1 is 1.06 bits per heavy atom. The topological polar surface area (TPSA) is 26.0 Å². The van der Waals surface area contributed by atoms with Gasteiger partial charge >= 0.3 is 0 Å². The van der Waals surface area contributed by atoms with E-state index < -0.39 is 0 Å². The van der Waals surface area contributed by atoms with Gasteiger partial charge in [-0.05, 0) is 23.8 Å². The Kier molecular flexibility index (Phi) is 4.66. The molecule has 2 aromatic carbocycles. The van der Waals surface area contributed by atoms with Crippen molar-refractivity contribution < 1.29 is 0 Å². The summed E-state index contributed by atoms with van der Waals surface area (Å²) < 4.78 is 1.10. The minimum absolute atomic E-state index is 0.311. The summed E-state index contributed by atoms with van der Waals surface area (Å²) in [7, 11) is 0. The zero-order valence-electron chi connectivity index (χ0n) is 9.34. The minimum atomic E-state index is 0.311. The molecular formula is C14H14BrNS. The summed E-state index contributed by atoms with van der Waals surface area (Å²) in [5, 5.41) is 0.311. The highest BCUT2D eigenvalue weighted by atomic mass is 79.9. The van der Waals surface area contributed by atoms with E-state index in [0.29, 0.717) is 11.8 Å². The van der Waals surface area contributed by atoms with E-state index in [4.69, 9.17) is 5.73 Å². The maximum Gasteiger partial charge on any atom is 0.0466 e. The normalized spacial score (nSPS) is 12.4. The van der Waals surface area contributed by atoms with E-state index in [1.165, 1.54) is 10.5 Å². The first-order valence-corrected chi connectivity index (χ1v) is 7.14. The predicted octanol–water partition coefficient (Wildman–Crippen LogP) is 4.24. The molecule has 1 atom stereocenters. The monoisotopic (exact) mass is 307 g/mol. The first-order chi connectivity index (χ1) is 8.29. The zero-order chi connectivity index (χ0) is 12.1. The van der Waals surface area contributed by atoms with Crippen molar-refractivity contribution in [2.75, 3.05) is 6.54 Å². The fraction of sp³-hybridized carbons (Fsp3) is 0.143. The SMILES string of the molecule is NCC(Sc1cccc(Br)c1)c1ccccc1. The van der Waals surface area contributed by atoms with Gasteiger partial charge in [-0.1, -0.05) is 52.3 Å². The van der Waals surface area contributed by atoms with Crippen LogP contribution in [-0.2, 0) is 0 Å². The molecule has 0 radical (unpaired) electrons. The second kappa shape index (κ2) is 6.24. The lowest BCUT2D eigenvalue weighted by molar-refractivity contribution is 0.941. The predicted molar refractivity (Wildman–Crippen MR) is 78.2 cm³/mol. The van der Waals surface area contributed by atoms with Crippen LogP contribution in [-0.4, -0.2) is 6.54 Å². The Morgan fingerprint density at radius 2 is 1.82 bits per heavy atom. The third kappa shape index (κ3) is 3.60. The van der Waals surface area contributed by atoms with Gasteiger partial charge in [0.05, 0.1) is 0 Å². The number of rotatable bonds is 4. The second-order valence-corrected chi connectivity index (χ2v) is 5.90. The van der Waals surface area contributed by atoms with Crippen LogP contribution in [0.1, 0.15) is 10.8 Å². The van der Waals surface area contributed by atoms with E-state index in [2.05, 4.69) is 52.3 Å². The van der Waals surface area contributed by atoms with Gasteiger partial charge in [0.1, 0.15) is 0 Å². The van der Waals surface area contributed by atoms with Gasteiger partial charge in [-0.2, -0.15) is 0 Å². The average Bonchev–Trinajstić information content (AvgIpc) is 2.37. The molecular weight excluding hydrogens is 294 g/mol. The molecule has 2 N–H and O–H groups in total. The third-order valence-electron chi connectivity index (χ3n) is 2.46. The molecule has 0 heterocycles. The van der Waals surface area contributed by atoms with Crippen molar-refractivity contribution >= 4 is 27.7 Å². The first-order valence-electron chi connectivity index (χ1n) is 5.47. The van der Waals surface area contributed by atoms with Crippen molar-refractivity contribution in [2.24, 2.45) is 5.73 Å². The number of hydrogen-bond acceptors (Lipinski definition) is 2. The van der Waals surface area contributed by atoms with E-state index >= 15 is 0 Å². The number of hydrogen-bond donors (Lipinski definition) is 1. The molecule has 0 spiro atoms. The molecule has 0 aromatic heterocycles. The number of halogens is 1. The molecule has 88 valence electrons. The molecule has 3 heteroatoms. The van der Waals surface area contributed by atoms with Gasteiger partial charge in [0, 0.05) is 21.2 Å². The summed E-state index contributed by atoms with van der Waals surface area (Å²) in [5.41, 5.74) is 7.14. The van der Waals surface area contributed by atoms with Crippen molar-refractivity contribution in [1.82, 2.24) is 0 Å². The number of benzene rings is 2. The van der Waals surface area contributed by atoms with Crippen molar-refractivity contribution in [1.29, 1.82) is 0 Å². The van der Waals surface area contributed by atoms with Crippen LogP contribution in [0.2, 0.25) is 0 Å². The van der Waals surface area contributed by atoms with Crippen molar-refractivity contribution in [3.63, 3.8) is 0 Å². The smallest absolute Gasteiger partial charge is 0.0466 e. The van der Waals surface area contributed by atoms with Crippen LogP contribution in [0.4, 0.5) is 0 Å². The first kappa shape index (κ1) is 12.7. The Balaban J connectivity index is 2.16. The van der Waals surface area contributed by atoms with Crippen LogP contribution in [0.3, 0.4) is 0 Å². The van der Waals surface area contributed by atoms with E-state index in [-0.39, 0.29) is 0 Å². The maximum atomic E-state index is 5.86. The van der Waals surface area contributed by atoms with Crippen LogP contribution in [0.25, 0.3) is 0 Å². The summed E-state index contributed by atoms with van der Waals surface area (Å²) in [4.78, 5) is 1.23. The Labute approximate surface area is 115 Å². The fourth-order valence-electron chi connectivity index (χ4n) is 1.62. The van der Waals surface area contributed by atoms with Gasteiger partial charge in [-0.3, -0.25) is 0 Å². The highest BCUT2D eigenvalue weighted by Crippen LogP contribution is 2.35. The summed E-state index contributed by atoms with van der Waals surface area (Å²) in [6.45, 7) is 0.640. The molecule has 0 amide bonds. The van der Waals surface area contributed by atoms with Crippen LogP contribution in [0.5, 0.6) is 0 Å². The maximum absolute atomic E-state index is 5.86. The van der Waals surface area contributed by atoms with Crippen LogP contribution < -0.4 is 5.73 Å². The largest absolute Gasteiger partial charge is 0.329 e. The van der Waals surface area contributed by atoms with Crippen molar-refractivity contribution in [3.05, 3.63) is 64.6 Å². The summed E-state index contributed by atoms with van der Waals surface area (Å²) >= 11 is 5.29. The lowest BCUT2D eigenvalue weighted by Crippen LogP contribution is -2.09. The van der Waals surface area contributed by atoms with Crippen LogP contribution in [0, 0.1) is 0 Å². The zero-order valence-corrected chi connectivity index (χ0v) is 11.7. The molecule has 0 aliphatic heterocycles. The Morgan fingerprint density at radius 3 is 2.47 bits per heavy atom. The molecule has 0 saturated heterocycles. The molecule has 0 aliphatic rings. The van der Waals surface area contributed by atoms with Gasteiger partial charge < -0.3 is 5.73 Å². The van der Waals surface area contributed by atoms with Gasteiger partial charge in [-0.15, -0.1) is 11.8 Å². The average molecular weight is 308 g/mol. The molecule has 0 fully saturated rings. The molecule has 0 bridgehead atoms. The summed E-state index contributed by atoms with van der Waals surface area (Å²) in [5.74, 6) is 0. The lowest BCUT2D eigenvalue weighted by Gasteiger charge is -2.14. The van der Waals surface area contributed by atoms with E-state index in [9.17, 15) is 0 Å². The highest BCUT2D eigenvalue weighted by Gasteiger charge is 2.10. The molecule has 1 nitrogen and oxygen atoms in total. The Bertz CT molecular complexity index is 473. The standard InChI is InChI=1S/C14H14BrNS/c15-12-7-4-8-13(9-12)17-14(10-16)11-5-2-1-3-6-11/h1-9,14H,10,16H2.